The first-order valence-corrected chi connectivity index (χ1v) is 7.48. The van der Waals surface area contributed by atoms with E-state index in [0.29, 0.717) is 11.2 Å². The number of carbonyl (C=O) groups excluding carboxylic acids is 1. The number of aryl methyl sites for hydroxylation is 1. The quantitative estimate of drug-likeness (QED) is 0.773. The van der Waals surface area contributed by atoms with Gasteiger partial charge in [0.1, 0.15) is 0 Å². The topological polar surface area (TPSA) is 34.9 Å². The van der Waals surface area contributed by atoms with E-state index < -0.39 is 0 Å². The van der Waals surface area contributed by atoms with Gasteiger partial charge in [-0.1, -0.05) is 20.8 Å². The minimum absolute atomic E-state index is 0.186. The number of Topliss-reactive ketones (excluding diaryl/α,β-unsaturated/α-hetero) is 1. The summed E-state index contributed by atoms with van der Waals surface area (Å²) in [6.45, 7) is 9.80. The van der Waals surface area contributed by atoms with E-state index in [1.807, 2.05) is 10.8 Å². The molecule has 3 nitrogen and oxygen atoms in total. The number of hydrogen-bond acceptors (Lipinski definition) is 2. The number of hydrogen-bond donors (Lipinski definition) is 0. The Morgan fingerprint density at radius 1 is 1.32 bits per heavy atom. The fraction of sp³-hybridized carbons (Fsp3) is 0.750. The van der Waals surface area contributed by atoms with Crippen LogP contribution in [0.25, 0.3) is 0 Å². The lowest BCUT2D eigenvalue weighted by Gasteiger charge is -2.36. The van der Waals surface area contributed by atoms with Crippen LogP contribution in [0.2, 0.25) is 0 Å². The van der Waals surface area contributed by atoms with Crippen molar-refractivity contribution in [1.29, 1.82) is 0 Å². The van der Waals surface area contributed by atoms with Crippen molar-refractivity contribution in [2.45, 2.75) is 59.9 Å². The summed E-state index contributed by atoms with van der Waals surface area (Å²) in [6, 6.07) is 0. The number of aromatic nitrogens is 2. The second kappa shape index (κ2) is 5.48. The molecule has 0 saturated heterocycles. The van der Waals surface area contributed by atoms with Crippen molar-refractivity contribution in [2.24, 2.45) is 17.3 Å². The SMILES string of the molecule is CCn1ccnc1C(=O)C1CCC(C(C)(C)C)CC1. The van der Waals surface area contributed by atoms with Gasteiger partial charge in [-0.25, -0.2) is 4.98 Å². The van der Waals surface area contributed by atoms with E-state index in [1.54, 1.807) is 6.20 Å². The Hall–Kier alpha value is -1.12. The highest BCUT2D eigenvalue weighted by molar-refractivity contribution is 5.94. The fourth-order valence-corrected chi connectivity index (χ4v) is 3.19. The molecule has 0 amide bonds. The molecule has 106 valence electrons. The molecule has 1 saturated carbocycles. The third-order valence-electron chi connectivity index (χ3n) is 4.60. The highest BCUT2D eigenvalue weighted by atomic mass is 16.1. The maximum atomic E-state index is 12.5. The normalized spacial score (nSPS) is 24.4. The largest absolute Gasteiger partial charge is 0.329 e. The molecular formula is C16H26N2O. The number of rotatable bonds is 3. The second-order valence-electron chi connectivity index (χ2n) is 6.82. The Morgan fingerprint density at radius 2 is 1.95 bits per heavy atom. The second-order valence-corrected chi connectivity index (χ2v) is 6.82. The van der Waals surface area contributed by atoms with Gasteiger partial charge in [-0.15, -0.1) is 0 Å². The van der Waals surface area contributed by atoms with Crippen molar-refractivity contribution < 1.29 is 4.79 Å². The Balaban J connectivity index is 2.00. The standard InChI is InChI=1S/C16H26N2O/c1-5-18-11-10-17-15(18)14(19)12-6-8-13(9-7-12)16(2,3)4/h10-13H,5-9H2,1-4H3. The maximum absolute atomic E-state index is 12.5. The molecule has 0 N–H and O–H groups in total. The molecule has 0 unspecified atom stereocenters. The minimum atomic E-state index is 0.186. The van der Waals surface area contributed by atoms with Crippen molar-refractivity contribution in [3.05, 3.63) is 18.2 Å². The molecule has 1 aromatic heterocycles. The van der Waals surface area contributed by atoms with Gasteiger partial charge in [-0.3, -0.25) is 4.79 Å². The van der Waals surface area contributed by atoms with E-state index in [-0.39, 0.29) is 11.7 Å². The van der Waals surface area contributed by atoms with Crippen LogP contribution in [0.4, 0.5) is 0 Å². The minimum Gasteiger partial charge on any atom is -0.329 e. The summed E-state index contributed by atoms with van der Waals surface area (Å²) < 4.78 is 1.96. The van der Waals surface area contributed by atoms with Gasteiger partial charge in [0.25, 0.3) is 0 Å². The third-order valence-corrected chi connectivity index (χ3v) is 4.60. The number of ketones is 1. The summed E-state index contributed by atoms with van der Waals surface area (Å²) in [6.07, 6.45) is 8.03. The van der Waals surface area contributed by atoms with Crippen LogP contribution in [0, 0.1) is 17.3 Å². The van der Waals surface area contributed by atoms with Gasteiger partial charge in [0.05, 0.1) is 0 Å². The van der Waals surface area contributed by atoms with Gasteiger partial charge >= 0.3 is 0 Å². The molecular weight excluding hydrogens is 236 g/mol. The predicted octanol–water partition coefficient (Wildman–Crippen LogP) is 3.94. The van der Waals surface area contributed by atoms with Crippen LogP contribution in [0.1, 0.15) is 64.0 Å². The van der Waals surface area contributed by atoms with Crippen molar-refractivity contribution in [2.75, 3.05) is 0 Å². The Labute approximate surface area is 116 Å². The monoisotopic (exact) mass is 262 g/mol. The van der Waals surface area contributed by atoms with Gasteiger partial charge in [0.2, 0.25) is 5.78 Å². The van der Waals surface area contributed by atoms with E-state index in [2.05, 4.69) is 32.7 Å². The molecule has 1 aromatic rings. The molecule has 0 radical (unpaired) electrons. The highest BCUT2D eigenvalue weighted by Gasteiger charge is 2.33. The predicted molar refractivity (Wildman–Crippen MR) is 77.1 cm³/mol. The summed E-state index contributed by atoms with van der Waals surface area (Å²) in [4.78, 5) is 16.8. The number of imidazole rings is 1. The average molecular weight is 262 g/mol. The van der Waals surface area contributed by atoms with Crippen LogP contribution in [0.5, 0.6) is 0 Å². The maximum Gasteiger partial charge on any atom is 0.201 e. The third kappa shape index (κ3) is 3.07. The van der Waals surface area contributed by atoms with E-state index in [4.69, 9.17) is 0 Å². The van der Waals surface area contributed by atoms with Gasteiger partial charge in [0, 0.05) is 24.9 Å². The first-order valence-electron chi connectivity index (χ1n) is 7.48. The molecule has 2 rings (SSSR count). The van der Waals surface area contributed by atoms with Crippen LogP contribution in [0.15, 0.2) is 12.4 Å². The summed E-state index contributed by atoms with van der Waals surface area (Å²) in [7, 11) is 0. The molecule has 3 heteroatoms. The molecule has 0 bridgehead atoms. The highest BCUT2D eigenvalue weighted by Crippen LogP contribution is 2.40. The van der Waals surface area contributed by atoms with Crippen molar-refractivity contribution in [3.63, 3.8) is 0 Å². The first-order chi connectivity index (χ1) is 8.93. The van der Waals surface area contributed by atoms with Crippen LogP contribution in [-0.2, 0) is 6.54 Å². The van der Waals surface area contributed by atoms with E-state index >= 15 is 0 Å². The molecule has 1 fully saturated rings. The number of carbonyl (C=O) groups is 1. The Bertz CT molecular complexity index is 434. The summed E-state index contributed by atoms with van der Waals surface area (Å²) in [5, 5.41) is 0. The van der Waals surface area contributed by atoms with Crippen molar-refractivity contribution in [1.82, 2.24) is 9.55 Å². The lowest BCUT2D eigenvalue weighted by atomic mass is 9.69. The summed E-state index contributed by atoms with van der Waals surface area (Å²) in [5.74, 6) is 1.84. The average Bonchev–Trinajstić information content (AvgIpc) is 2.85. The van der Waals surface area contributed by atoms with Gasteiger partial charge in [-0.05, 0) is 43.9 Å². The zero-order valence-corrected chi connectivity index (χ0v) is 12.6. The van der Waals surface area contributed by atoms with Gasteiger partial charge < -0.3 is 4.57 Å². The van der Waals surface area contributed by atoms with Gasteiger partial charge in [-0.2, -0.15) is 0 Å². The van der Waals surface area contributed by atoms with Crippen LogP contribution in [-0.4, -0.2) is 15.3 Å². The van der Waals surface area contributed by atoms with Crippen molar-refractivity contribution in [3.8, 4) is 0 Å². The molecule has 1 aliphatic rings. The molecule has 0 aromatic carbocycles. The lowest BCUT2D eigenvalue weighted by Crippen LogP contribution is -2.29. The molecule has 0 atom stereocenters. The Kier molecular flexibility index (Phi) is 4.12. The van der Waals surface area contributed by atoms with Crippen molar-refractivity contribution >= 4 is 5.78 Å². The molecule has 1 aliphatic carbocycles. The van der Waals surface area contributed by atoms with Crippen LogP contribution >= 0.6 is 0 Å². The van der Waals surface area contributed by atoms with E-state index in [9.17, 15) is 4.79 Å². The van der Waals surface area contributed by atoms with Gasteiger partial charge in [0.15, 0.2) is 5.82 Å². The lowest BCUT2D eigenvalue weighted by molar-refractivity contribution is 0.0804. The zero-order valence-electron chi connectivity index (χ0n) is 12.6. The fourth-order valence-electron chi connectivity index (χ4n) is 3.19. The summed E-state index contributed by atoms with van der Waals surface area (Å²) >= 11 is 0. The molecule has 1 heterocycles. The van der Waals surface area contributed by atoms with Crippen LogP contribution < -0.4 is 0 Å². The van der Waals surface area contributed by atoms with Crippen LogP contribution in [0.3, 0.4) is 0 Å². The Morgan fingerprint density at radius 3 is 2.47 bits per heavy atom. The summed E-state index contributed by atoms with van der Waals surface area (Å²) in [5.41, 5.74) is 0.371. The van der Waals surface area contributed by atoms with E-state index in [1.165, 1.54) is 12.8 Å². The van der Waals surface area contributed by atoms with E-state index in [0.717, 1.165) is 25.3 Å². The number of nitrogens with zero attached hydrogens (tertiary/aromatic N) is 2. The molecule has 0 aliphatic heterocycles. The molecule has 19 heavy (non-hydrogen) atoms. The zero-order chi connectivity index (χ0) is 14.0. The smallest absolute Gasteiger partial charge is 0.201 e. The molecule has 0 spiro atoms. The first kappa shape index (κ1) is 14.3.